The van der Waals surface area contributed by atoms with Crippen LogP contribution in [-0.4, -0.2) is 50.2 Å². The normalized spacial score (nSPS) is 16.5. The zero-order valence-electron chi connectivity index (χ0n) is 10.0. The molecule has 100 valence electrons. The summed E-state index contributed by atoms with van der Waals surface area (Å²) in [5.41, 5.74) is 0. The number of amides is 2. The number of piperazine rings is 1. The van der Waals surface area contributed by atoms with Crippen LogP contribution in [0.25, 0.3) is 0 Å². The first kappa shape index (κ1) is 13.4. The van der Waals surface area contributed by atoms with Gasteiger partial charge >= 0.3 is 6.03 Å². The molecule has 1 saturated heterocycles. The molecular formula is C11H17BrN4O2. The van der Waals surface area contributed by atoms with Gasteiger partial charge in [-0.1, -0.05) is 0 Å². The summed E-state index contributed by atoms with van der Waals surface area (Å²) in [6.07, 6.45) is 0. The van der Waals surface area contributed by atoms with Crippen LogP contribution in [0.15, 0.2) is 21.2 Å². The topological polar surface area (TPSA) is 69.5 Å². The first-order chi connectivity index (χ1) is 8.74. The van der Waals surface area contributed by atoms with Crippen LogP contribution in [0.4, 0.5) is 10.7 Å². The van der Waals surface area contributed by atoms with Crippen molar-refractivity contribution in [2.45, 2.75) is 0 Å². The minimum atomic E-state index is -0.244. The van der Waals surface area contributed by atoms with Crippen LogP contribution in [0.3, 0.4) is 0 Å². The van der Waals surface area contributed by atoms with E-state index in [-0.39, 0.29) is 6.03 Å². The van der Waals surface area contributed by atoms with Gasteiger partial charge < -0.3 is 15.1 Å². The zero-order valence-corrected chi connectivity index (χ0v) is 11.6. The van der Waals surface area contributed by atoms with Crippen molar-refractivity contribution in [3.05, 3.63) is 16.8 Å². The standard InChI is InChI=1S/C11H17BrN4O2/c12-9-1-2-10(18-9)15-11(17)14-5-8-16-6-3-13-4-7-16/h1-2,13H,3-8H2,(H2,14,15,17). The number of hydrogen-bond donors (Lipinski definition) is 3. The van der Waals surface area contributed by atoms with Gasteiger partial charge in [-0.15, -0.1) is 0 Å². The number of rotatable bonds is 4. The number of anilines is 1. The van der Waals surface area contributed by atoms with Crippen molar-refractivity contribution >= 4 is 27.8 Å². The second-order valence-corrected chi connectivity index (χ2v) is 4.86. The monoisotopic (exact) mass is 316 g/mol. The number of halogens is 1. The highest BCUT2D eigenvalue weighted by Crippen LogP contribution is 2.17. The second-order valence-electron chi connectivity index (χ2n) is 4.08. The van der Waals surface area contributed by atoms with Gasteiger partial charge in [0.2, 0.25) is 5.88 Å². The molecular weight excluding hydrogens is 300 g/mol. The number of nitrogens with one attached hydrogen (secondary N) is 3. The third kappa shape index (κ3) is 4.32. The Kier molecular flexibility index (Phi) is 5.03. The van der Waals surface area contributed by atoms with E-state index in [4.69, 9.17) is 4.42 Å². The molecule has 7 heteroatoms. The molecule has 18 heavy (non-hydrogen) atoms. The number of carbonyl (C=O) groups excluding carboxylic acids is 1. The molecule has 1 fully saturated rings. The number of furan rings is 1. The van der Waals surface area contributed by atoms with Crippen LogP contribution in [0.2, 0.25) is 0 Å². The lowest BCUT2D eigenvalue weighted by molar-refractivity contribution is 0.233. The molecule has 3 N–H and O–H groups in total. The Balaban J connectivity index is 1.62. The molecule has 1 aliphatic heterocycles. The number of urea groups is 1. The summed E-state index contributed by atoms with van der Waals surface area (Å²) in [5, 5.41) is 8.71. The van der Waals surface area contributed by atoms with Gasteiger partial charge in [-0.2, -0.15) is 0 Å². The van der Waals surface area contributed by atoms with E-state index >= 15 is 0 Å². The molecule has 0 bridgehead atoms. The molecule has 0 spiro atoms. The summed E-state index contributed by atoms with van der Waals surface area (Å²) in [5.74, 6) is 0.432. The van der Waals surface area contributed by atoms with E-state index in [9.17, 15) is 4.79 Å². The lowest BCUT2D eigenvalue weighted by Crippen LogP contribution is -2.46. The average molecular weight is 317 g/mol. The fourth-order valence-electron chi connectivity index (χ4n) is 1.80. The molecule has 0 unspecified atom stereocenters. The molecule has 2 heterocycles. The Morgan fingerprint density at radius 1 is 1.44 bits per heavy atom. The summed E-state index contributed by atoms with van der Waals surface area (Å²) < 4.78 is 5.77. The molecule has 0 atom stereocenters. The fraction of sp³-hybridized carbons (Fsp3) is 0.545. The molecule has 1 aliphatic rings. The third-order valence-electron chi connectivity index (χ3n) is 2.73. The maximum absolute atomic E-state index is 11.5. The molecule has 6 nitrogen and oxygen atoms in total. The number of nitrogens with zero attached hydrogens (tertiary/aromatic N) is 1. The Bertz CT molecular complexity index is 390. The molecule has 0 radical (unpaired) electrons. The van der Waals surface area contributed by atoms with Gasteiger partial charge in [0.25, 0.3) is 0 Å². The van der Waals surface area contributed by atoms with Crippen molar-refractivity contribution in [2.75, 3.05) is 44.6 Å². The van der Waals surface area contributed by atoms with E-state index in [0.29, 0.717) is 17.1 Å². The molecule has 2 amide bonds. The van der Waals surface area contributed by atoms with Crippen LogP contribution in [-0.2, 0) is 0 Å². The fourth-order valence-corrected chi connectivity index (χ4v) is 2.11. The van der Waals surface area contributed by atoms with Crippen molar-refractivity contribution in [1.29, 1.82) is 0 Å². The minimum Gasteiger partial charge on any atom is -0.434 e. The number of carbonyl (C=O) groups is 1. The van der Waals surface area contributed by atoms with Crippen LogP contribution in [0.5, 0.6) is 0 Å². The van der Waals surface area contributed by atoms with Crippen LogP contribution < -0.4 is 16.0 Å². The van der Waals surface area contributed by atoms with Gasteiger partial charge in [-0.05, 0) is 22.0 Å². The molecule has 0 saturated carbocycles. The summed E-state index contributed by atoms with van der Waals surface area (Å²) in [7, 11) is 0. The number of hydrogen-bond acceptors (Lipinski definition) is 4. The van der Waals surface area contributed by atoms with Gasteiger partial charge in [0.1, 0.15) is 0 Å². The highest BCUT2D eigenvalue weighted by molar-refractivity contribution is 9.10. The van der Waals surface area contributed by atoms with E-state index in [0.717, 1.165) is 32.7 Å². The lowest BCUT2D eigenvalue weighted by Gasteiger charge is -2.27. The van der Waals surface area contributed by atoms with Crippen molar-refractivity contribution in [2.24, 2.45) is 0 Å². The molecule has 2 rings (SSSR count). The van der Waals surface area contributed by atoms with Crippen molar-refractivity contribution in [3.63, 3.8) is 0 Å². The Morgan fingerprint density at radius 2 is 2.22 bits per heavy atom. The summed E-state index contributed by atoms with van der Waals surface area (Å²) >= 11 is 3.18. The zero-order chi connectivity index (χ0) is 12.8. The first-order valence-corrected chi connectivity index (χ1v) is 6.76. The molecule has 0 aromatic carbocycles. The van der Waals surface area contributed by atoms with Crippen molar-refractivity contribution in [3.8, 4) is 0 Å². The highest BCUT2D eigenvalue weighted by Gasteiger charge is 2.09. The van der Waals surface area contributed by atoms with Crippen LogP contribution >= 0.6 is 15.9 Å². The van der Waals surface area contributed by atoms with Crippen molar-refractivity contribution < 1.29 is 9.21 Å². The van der Waals surface area contributed by atoms with E-state index in [1.54, 1.807) is 12.1 Å². The van der Waals surface area contributed by atoms with Crippen LogP contribution in [0, 0.1) is 0 Å². The van der Waals surface area contributed by atoms with E-state index in [1.807, 2.05) is 0 Å². The van der Waals surface area contributed by atoms with Gasteiger partial charge in [0, 0.05) is 45.3 Å². The Hall–Kier alpha value is -1.05. The van der Waals surface area contributed by atoms with E-state index < -0.39 is 0 Å². The average Bonchev–Trinajstić information content (AvgIpc) is 2.76. The molecule has 1 aromatic heterocycles. The largest absolute Gasteiger partial charge is 0.434 e. The van der Waals surface area contributed by atoms with Gasteiger partial charge in [0.05, 0.1) is 0 Å². The maximum atomic E-state index is 11.5. The quantitative estimate of drug-likeness (QED) is 0.777. The van der Waals surface area contributed by atoms with Gasteiger partial charge in [-0.3, -0.25) is 10.2 Å². The van der Waals surface area contributed by atoms with Crippen molar-refractivity contribution in [1.82, 2.24) is 15.5 Å². The SMILES string of the molecule is O=C(NCCN1CCNCC1)Nc1ccc(Br)o1. The van der Waals surface area contributed by atoms with E-state index in [2.05, 4.69) is 36.8 Å². The Labute approximate surface area is 114 Å². The third-order valence-corrected chi connectivity index (χ3v) is 3.16. The predicted octanol–water partition coefficient (Wildman–Crippen LogP) is 1.07. The van der Waals surface area contributed by atoms with Gasteiger partial charge in [-0.25, -0.2) is 4.79 Å². The summed E-state index contributed by atoms with van der Waals surface area (Å²) in [6.45, 7) is 5.62. The second kappa shape index (κ2) is 6.77. The highest BCUT2D eigenvalue weighted by atomic mass is 79.9. The molecule has 1 aromatic rings. The van der Waals surface area contributed by atoms with E-state index in [1.165, 1.54) is 0 Å². The minimum absolute atomic E-state index is 0.244. The molecule has 0 aliphatic carbocycles. The Morgan fingerprint density at radius 3 is 2.89 bits per heavy atom. The smallest absolute Gasteiger partial charge is 0.321 e. The van der Waals surface area contributed by atoms with Gasteiger partial charge in [0.15, 0.2) is 4.67 Å². The first-order valence-electron chi connectivity index (χ1n) is 5.97. The van der Waals surface area contributed by atoms with Crippen LogP contribution in [0.1, 0.15) is 0 Å². The predicted molar refractivity (Wildman–Crippen MR) is 72.7 cm³/mol. The lowest BCUT2D eigenvalue weighted by atomic mass is 10.3. The summed E-state index contributed by atoms with van der Waals surface area (Å²) in [6, 6.07) is 3.18. The maximum Gasteiger partial charge on any atom is 0.321 e. The summed E-state index contributed by atoms with van der Waals surface area (Å²) in [4.78, 5) is 13.9.